The standard InChI is InChI=1S/C15H30N2O/c1-2-6-15(7-9-16-10-8-15)13-17-12-14-5-3-4-11-18-14/h14,16-17H,2-13H2,1H3. The van der Waals surface area contributed by atoms with Gasteiger partial charge >= 0.3 is 0 Å². The average Bonchev–Trinajstić information content (AvgIpc) is 2.41. The first kappa shape index (κ1) is 14.3. The van der Waals surface area contributed by atoms with Crippen LogP contribution in [0.5, 0.6) is 0 Å². The van der Waals surface area contributed by atoms with Crippen LogP contribution in [0.25, 0.3) is 0 Å². The minimum atomic E-state index is 0.471. The number of ether oxygens (including phenoxy) is 1. The van der Waals surface area contributed by atoms with Crippen molar-refractivity contribution in [3.05, 3.63) is 0 Å². The summed E-state index contributed by atoms with van der Waals surface area (Å²) in [6.45, 7) is 7.91. The van der Waals surface area contributed by atoms with Gasteiger partial charge in [0.05, 0.1) is 6.10 Å². The maximum absolute atomic E-state index is 5.79. The van der Waals surface area contributed by atoms with Gasteiger partial charge in [-0.05, 0) is 57.0 Å². The van der Waals surface area contributed by atoms with Crippen LogP contribution in [0, 0.1) is 5.41 Å². The molecule has 2 saturated heterocycles. The molecular weight excluding hydrogens is 224 g/mol. The van der Waals surface area contributed by atoms with Crippen molar-refractivity contribution < 1.29 is 4.74 Å². The summed E-state index contributed by atoms with van der Waals surface area (Å²) in [5.41, 5.74) is 0.550. The summed E-state index contributed by atoms with van der Waals surface area (Å²) in [6.07, 6.45) is 9.65. The molecule has 2 aliphatic heterocycles. The van der Waals surface area contributed by atoms with Crippen molar-refractivity contribution in [2.75, 3.05) is 32.8 Å². The van der Waals surface area contributed by atoms with Crippen LogP contribution < -0.4 is 10.6 Å². The van der Waals surface area contributed by atoms with E-state index in [-0.39, 0.29) is 0 Å². The van der Waals surface area contributed by atoms with Crippen molar-refractivity contribution in [3.8, 4) is 0 Å². The lowest BCUT2D eigenvalue weighted by Crippen LogP contribution is -2.45. The van der Waals surface area contributed by atoms with E-state index in [1.165, 1.54) is 64.6 Å². The van der Waals surface area contributed by atoms with E-state index < -0.39 is 0 Å². The molecule has 3 nitrogen and oxygen atoms in total. The van der Waals surface area contributed by atoms with Crippen LogP contribution >= 0.6 is 0 Å². The molecule has 1 unspecified atom stereocenters. The third-order valence-electron chi connectivity index (χ3n) is 4.59. The van der Waals surface area contributed by atoms with Gasteiger partial charge in [-0.1, -0.05) is 13.3 Å². The second kappa shape index (κ2) is 7.46. The Morgan fingerprint density at radius 3 is 2.78 bits per heavy atom. The number of rotatable bonds is 6. The molecule has 1 atom stereocenters. The van der Waals surface area contributed by atoms with Gasteiger partial charge in [0, 0.05) is 19.7 Å². The van der Waals surface area contributed by atoms with Gasteiger partial charge in [0.15, 0.2) is 0 Å². The van der Waals surface area contributed by atoms with Gasteiger partial charge < -0.3 is 15.4 Å². The van der Waals surface area contributed by atoms with Gasteiger partial charge in [-0.15, -0.1) is 0 Å². The van der Waals surface area contributed by atoms with Gasteiger partial charge in [-0.3, -0.25) is 0 Å². The normalized spacial score (nSPS) is 28.2. The zero-order chi connectivity index (χ0) is 12.7. The van der Waals surface area contributed by atoms with Gasteiger partial charge in [-0.25, -0.2) is 0 Å². The zero-order valence-corrected chi connectivity index (χ0v) is 12.0. The second-order valence-electron chi connectivity index (χ2n) is 6.12. The molecule has 2 N–H and O–H groups in total. The van der Waals surface area contributed by atoms with E-state index in [2.05, 4.69) is 17.6 Å². The number of hydrogen-bond acceptors (Lipinski definition) is 3. The molecule has 0 aliphatic carbocycles. The summed E-state index contributed by atoms with van der Waals surface area (Å²) in [5.74, 6) is 0. The summed E-state index contributed by atoms with van der Waals surface area (Å²) in [4.78, 5) is 0. The largest absolute Gasteiger partial charge is 0.377 e. The van der Waals surface area contributed by atoms with E-state index in [1.54, 1.807) is 0 Å². The molecule has 0 amide bonds. The van der Waals surface area contributed by atoms with Crippen LogP contribution in [-0.2, 0) is 4.74 Å². The van der Waals surface area contributed by atoms with E-state index in [1.807, 2.05) is 0 Å². The Morgan fingerprint density at radius 2 is 2.11 bits per heavy atom. The number of hydrogen-bond donors (Lipinski definition) is 2. The Kier molecular flexibility index (Phi) is 5.93. The maximum atomic E-state index is 5.79. The molecule has 0 aromatic heterocycles. The third kappa shape index (κ3) is 4.22. The summed E-state index contributed by atoms with van der Waals surface area (Å²) >= 11 is 0. The highest BCUT2D eigenvalue weighted by Crippen LogP contribution is 2.33. The quantitative estimate of drug-likeness (QED) is 0.763. The summed E-state index contributed by atoms with van der Waals surface area (Å²) in [5, 5.41) is 7.18. The van der Waals surface area contributed by atoms with E-state index in [9.17, 15) is 0 Å². The molecule has 2 heterocycles. The SMILES string of the molecule is CCCC1(CNCC2CCCCO2)CCNCC1. The summed E-state index contributed by atoms with van der Waals surface area (Å²) < 4.78 is 5.79. The molecule has 18 heavy (non-hydrogen) atoms. The summed E-state index contributed by atoms with van der Waals surface area (Å²) in [7, 11) is 0. The molecule has 106 valence electrons. The van der Waals surface area contributed by atoms with E-state index in [0.717, 1.165) is 13.2 Å². The molecule has 0 spiro atoms. The van der Waals surface area contributed by atoms with E-state index in [4.69, 9.17) is 4.74 Å². The van der Waals surface area contributed by atoms with Gasteiger partial charge in [-0.2, -0.15) is 0 Å². The lowest BCUT2D eigenvalue weighted by molar-refractivity contribution is 0.0144. The first-order chi connectivity index (χ1) is 8.85. The van der Waals surface area contributed by atoms with Gasteiger partial charge in [0.1, 0.15) is 0 Å². The Balaban J connectivity index is 1.71. The molecule has 0 aromatic carbocycles. The lowest BCUT2D eigenvalue weighted by atomic mass is 9.75. The summed E-state index contributed by atoms with van der Waals surface area (Å²) in [6, 6.07) is 0. The predicted octanol–water partition coefficient (Wildman–Crippen LogP) is 2.32. The van der Waals surface area contributed by atoms with Crippen LogP contribution in [0.4, 0.5) is 0 Å². The molecule has 0 radical (unpaired) electrons. The minimum absolute atomic E-state index is 0.471. The molecule has 2 rings (SSSR count). The highest BCUT2D eigenvalue weighted by atomic mass is 16.5. The first-order valence-electron chi connectivity index (χ1n) is 7.88. The Bertz CT molecular complexity index is 215. The van der Waals surface area contributed by atoms with Crippen molar-refractivity contribution in [1.82, 2.24) is 10.6 Å². The van der Waals surface area contributed by atoms with Crippen molar-refractivity contribution >= 4 is 0 Å². The molecular formula is C15H30N2O. The third-order valence-corrected chi connectivity index (χ3v) is 4.59. The monoisotopic (exact) mass is 254 g/mol. The maximum Gasteiger partial charge on any atom is 0.0699 e. The highest BCUT2D eigenvalue weighted by molar-refractivity contribution is 4.86. The second-order valence-corrected chi connectivity index (χ2v) is 6.12. The van der Waals surface area contributed by atoms with Crippen molar-refractivity contribution in [2.24, 2.45) is 5.41 Å². The predicted molar refractivity (Wildman–Crippen MR) is 75.9 cm³/mol. The lowest BCUT2D eigenvalue weighted by Gasteiger charge is -2.38. The van der Waals surface area contributed by atoms with Crippen molar-refractivity contribution in [1.29, 1.82) is 0 Å². The van der Waals surface area contributed by atoms with Gasteiger partial charge in [0.2, 0.25) is 0 Å². The average molecular weight is 254 g/mol. The van der Waals surface area contributed by atoms with E-state index in [0.29, 0.717) is 11.5 Å². The fraction of sp³-hybridized carbons (Fsp3) is 1.00. The van der Waals surface area contributed by atoms with E-state index >= 15 is 0 Å². The molecule has 0 saturated carbocycles. The van der Waals surface area contributed by atoms with Crippen molar-refractivity contribution in [3.63, 3.8) is 0 Å². The minimum Gasteiger partial charge on any atom is -0.377 e. The Labute approximate surface area is 112 Å². The van der Waals surface area contributed by atoms with Crippen LogP contribution in [0.15, 0.2) is 0 Å². The number of piperidine rings is 1. The van der Waals surface area contributed by atoms with Crippen molar-refractivity contribution in [2.45, 2.75) is 58.0 Å². The number of nitrogens with one attached hydrogen (secondary N) is 2. The van der Waals surface area contributed by atoms with Crippen LogP contribution in [0.2, 0.25) is 0 Å². The highest BCUT2D eigenvalue weighted by Gasteiger charge is 2.30. The van der Waals surface area contributed by atoms with Crippen LogP contribution in [0.3, 0.4) is 0 Å². The molecule has 2 aliphatic rings. The zero-order valence-electron chi connectivity index (χ0n) is 12.0. The van der Waals surface area contributed by atoms with Crippen LogP contribution in [-0.4, -0.2) is 38.9 Å². The topological polar surface area (TPSA) is 33.3 Å². The smallest absolute Gasteiger partial charge is 0.0699 e. The molecule has 0 aromatic rings. The molecule has 2 fully saturated rings. The fourth-order valence-electron chi connectivity index (χ4n) is 3.47. The molecule has 0 bridgehead atoms. The van der Waals surface area contributed by atoms with Crippen LogP contribution in [0.1, 0.15) is 51.9 Å². The Hall–Kier alpha value is -0.120. The fourth-order valence-corrected chi connectivity index (χ4v) is 3.47. The first-order valence-corrected chi connectivity index (χ1v) is 7.88. The van der Waals surface area contributed by atoms with Gasteiger partial charge in [0.25, 0.3) is 0 Å². The Morgan fingerprint density at radius 1 is 1.28 bits per heavy atom. The molecule has 3 heteroatoms.